The summed E-state index contributed by atoms with van der Waals surface area (Å²) in [5, 5.41) is 8.23. The first kappa shape index (κ1) is 22.6. The van der Waals surface area contributed by atoms with E-state index >= 15 is 0 Å². The molecule has 0 spiro atoms. The van der Waals surface area contributed by atoms with Crippen LogP contribution in [0.1, 0.15) is 36.4 Å². The normalized spacial score (nSPS) is 10.7. The highest BCUT2D eigenvalue weighted by Crippen LogP contribution is 2.21. The molecular weight excluding hydrogens is 412 g/mol. The quantitative estimate of drug-likeness (QED) is 0.581. The van der Waals surface area contributed by atoms with Gasteiger partial charge in [0.1, 0.15) is 0 Å². The number of carbonyl (C=O) groups excluding carboxylic acids is 2. The summed E-state index contributed by atoms with van der Waals surface area (Å²) in [5.74, 6) is -0.0847. The Bertz CT molecular complexity index is 1090. The molecule has 31 heavy (non-hydrogen) atoms. The van der Waals surface area contributed by atoms with Crippen LogP contribution in [0.15, 0.2) is 48.5 Å². The molecule has 2 aromatic carbocycles. The average Bonchev–Trinajstić information content (AvgIpc) is 3.01. The summed E-state index contributed by atoms with van der Waals surface area (Å²) in [7, 11) is 0. The minimum absolute atomic E-state index is 0.0283. The van der Waals surface area contributed by atoms with E-state index in [0.29, 0.717) is 23.8 Å². The molecular formula is C24H27ClN4O2. The molecule has 7 heteroatoms. The minimum atomic E-state index is -0.113. The van der Waals surface area contributed by atoms with Crippen LogP contribution in [0, 0.1) is 13.8 Å². The van der Waals surface area contributed by atoms with Gasteiger partial charge >= 0.3 is 0 Å². The molecule has 162 valence electrons. The highest BCUT2D eigenvalue weighted by Gasteiger charge is 2.16. The van der Waals surface area contributed by atoms with Crippen molar-refractivity contribution >= 4 is 29.1 Å². The topological polar surface area (TPSA) is 67.2 Å². The van der Waals surface area contributed by atoms with Crippen molar-refractivity contribution in [2.24, 2.45) is 0 Å². The van der Waals surface area contributed by atoms with Crippen LogP contribution in [0.3, 0.4) is 0 Å². The fourth-order valence-electron chi connectivity index (χ4n) is 3.54. The van der Waals surface area contributed by atoms with Gasteiger partial charge in [-0.2, -0.15) is 5.10 Å². The lowest BCUT2D eigenvalue weighted by Gasteiger charge is -2.19. The molecule has 1 aromatic heterocycles. The highest BCUT2D eigenvalue weighted by molar-refractivity contribution is 6.30. The van der Waals surface area contributed by atoms with E-state index in [9.17, 15) is 9.59 Å². The number of rotatable bonds is 7. The Hall–Kier alpha value is -3.12. The maximum absolute atomic E-state index is 12.7. The zero-order valence-corrected chi connectivity index (χ0v) is 19.0. The van der Waals surface area contributed by atoms with Crippen molar-refractivity contribution in [2.45, 2.75) is 40.7 Å². The van der Waals surface area contributed by atoms with Crippen LogP contribution in [0.2, 0.25) is 5.02 Å². The first-order valence-electron chi connectivity index (χ1n) is 10.2. The van der Waals surface area contributed by atoms with Crippen molar-refractivity contribution in [2.75, 3.05) is 11.9 Å². The molecule has 1 heterocycles. The number of aryl methyl sites for hydroxylation is 1. The molecule has 0 aliphatic rings. The van der Waals surface area contributed by atoms with Crippen LogP contribution in [0.25, 0.3) is 5.69 Å². The fourth-order valence-corrected chi connectivity index (χ4v) is 3.67. The van der Waals surface area contributed by atoms with E-state index < -0.39 is 0 Å². The van der Waals surface area contributed by atoms with Gasteiger partial charge in [0.2, 0.25) is 11.8 Å². The van der Waals surface area contributed by atoms with Crippen molar-refractivity contribution in [3.05, 3.63) is 76.1 Å². The molecule has 0 aliphatic carbocycles. The van der Waals surface area contributed by atoms with Crippen LogP contribution in [0.4, 0.5) is 5.69 Å². The standard InChI is InChI=1S/C24H27ClN4O2/c1-5-28(18(4)30)15-19-7-6-8-21(13-19)26-24(31)14-23-16(2)27-29(17(23)3)22-11-9-20(25)10-12-22/h6-13H,5,14-15H2,1-4H3,(H,26,31). The van der Waals surface area contributed by atoms with E-state index in [0.717, 1.165) is 28.2 Å². The van der Waals surface area contributed by atoms with Gasteiger partial charge in [-0.3, -0.25) is 9.59 Å². The molecule has 1 N–H and O–H groups in total. The third kappa shape index (κ3) is 5.52. The summed E-state index contributed by atoms with van der Waals surface area (Å²) >= 11 is 5.98. The lowest BCUT2D eigenvalue weighted by atomic mass is 10.1. The molecule has 0 saturated heterocycles. The predicted molar refractivity (Wildman–Crippen MR) is 124 cm³/mol. The molecule has 6 nitrogen and oxygen atoms in total. The molecule has 0 radical (unpaired) electrons. The minimum Gasteiger partial charge on any atom is -0.339 e. The van der Waals surface area contributed by atoms with E-state index in [-0.39, 0.29) is 18.2 Å². The van der Waals surface area contributed by atoms with Gasteiger partial charge in [-0.1, -0.05) is 23.7 Å². The predicted octanol–water partition coefficient (Wildman–Crippen LogP) is 4.69. The second-order valence-electron chi connectivity index (χ2n) is 7.50. The largest absolute Gasteiger partial charge is 0.339 e. The summed E-state index contributed by atoms with van der Waals surface area (Å²) < 4.78 is 1.83. The molecule has 3 rings (SSSR count). The van der Waals surface area contributed by atoms with Gasteiger partial charge in [0.05, 0.1) is 17.8 Å². The maximum atomic E-state index is 12.7. The van der Waals surface area contributed by atoms with Crippen molar-refractivity contribution in [3.8, 4) is 5.69 Å². The molecule has 0 saturated carbocycles. The third-order valence-electron chi connectivity index (χ3n) is 5.26. The van der Waals surface area contributed by atoms with Crippen molar-refractivity contribution in [3.63, 3.8) is 0 Å². The highest BCUT2D eigenvalue weighted by atomic mass is 35.5. The Morgan fingerprint density at radius 2 is 1.84 bits per heavy atom. The molecule has 3 aromatic rings. The molecule has 0 fully saturated rings. The first-order chi connectivity index (χ1) is 14.8. The van der Waals surface area contributed by atoms with Gasteiger partial charge in [-0.05, 0) is 62.7 Å². The molecule has 2 amide bonds. The lowest BCUT2D eigenvalue weighted by Crippen LogP contribution is -2.27. The summed E-state index contributed by atoms with van der Waals surface area (Å²) in [6.45, 7) is 8.53. The zero-order valence-electron chi connectivity index (χ0n) is 18.3. The van der Waals surface area contributed by atoms with Crippen LogP contribution in [-0.2, 0) is 22.6 Å². The Morgan fingerprint density at radius 1 is 1.13 bits per heavy atom. The van der Waals surface area contributed by atoms with Crippen molar-refractivity contribution in [1.82, 2.24) is 14.7 Å². The monoisotopic (exact) mass is 438 g/mol. The average molecular weight is 439 g/mol. The summed E-state index contributed by atoms with van der Waals surface area (Å²) in [5.41, 5.74) is 5.22. The number of anilines is 1. The van der Waals surface area contributed by atoms with E-state index in [2.05, 4.69) is 10.4 Å². The second kappa shape index (κ2) is 9.79. The number of aromatic nitrogens is 2. The van der Waals surface area contributed by atoms with Gasteiger partial charge < -0.3 is 10.2 Å². The second-order valence-corrected chi connectivity index (χ2v) is 7.93. The van der Waals surface area contributed by atoms with E-state index in [1.165, 1.54) is 0 Å². The Kier molecular flexibility index (Phi) is 7.13. The number of hydrogen-bond donors (Lipinski definition) is 1. The van der Waals surface area contributed by atoms with Gasteiger partial charge in [-0.15, -0.1) is 0 Å². The molecule has 0 atom stereocenters. The van der Waals surface area contributed by atoms with E-state index in [1.807, 2.05) is 74.0 Å². The van der Waals surface area contributed by atoms with Crippen LogP contribution in [-0.4, -0.2) is 33.0 Å². The van der Waals surface area contributed by atoms with Crippen LogP contribution >= 0.6 is 11.6 Å². The van der Waals surface area contributed by atoms with Gasteiger partial charge in [0.15, 0.2) is 0 Å². The SMILES string of the molecule is CCN(Cc1cccc(NC(=O)Cc2c(C)nn(-c3ccc(Cl)cc3)c2C)c1)C(C)=O. The van der Waals surface area contributed by atoms with Crippen molar-refractivity contribution < 1.29 is 9.59 Å². The first-order valence-corrected chi connectivity index (χ1v) is 10.6. The fraction of sp³-hybridized carbons (Fsp3) is 0.292. The van der Waals surface area contributed by atoms with Crippen LogP contribution in [0.5, 0.6) is 0 Å². The molecule has 0 aliphatic heterocycles. The summed E-state index contributed by atoms with van der Waals surface area (Å²) in [4.78, 5) is 26.2. The number of hydrogen-bond acceptors (Lipinski definition) is 3. The smallest absolute Gasteiger partial charge is 0.228 e. The summed E-state index contributed by atoms with van der Waals surface area (Å²) in [6, 6.07) is 15.0. The van der Waals surface area contributed by atoms with Gasteiger partial charge in [0.25, 0.3) is 0 Å². The Labute approximate surface area is 187 Å². The molecule has 0 unspecified atom stereocenters. The number of amides is 2. The number of nitrogens with one attached hydrogen (secondary N) is 1. The number of benzene rings is 2. The van der Waals surface area contributed by atoms with Gasteiger partial charge in [-0.25, -0.2) is 4.68 Å². The van der Waals surface area contributed by atoms with Gasteiger partial charge in [0, 0.05) is 42.0 Å². The Balaban J connectivity index is 1.72. The third-order valence-corrected chi connectivity index (χ3v) is 5.51. The maximum Gasteiger partial charge on any atom is 0.228 e. The summed E-state index contributed by atoms with van der Waals surface area (Å²) in [6.07, 6.45) is 0.226. The van der Waals surface area contributed by atoms with E-state index in [1.54, 1.807) is 11.8 Å². The van der Waals surface area contributed by atoms with E-state index in [4.69, 9.17) is 11.6 Å². The molecule has 0 bridgehead atoms. The zero-order chi connectivity index (χ0) is 22.5. The number of halogens is 1. The lowest BCUT2D eigenvalue weighted by molar-refractivity contribution is -0.129. The van der Waals surface area contributed by atoms with Crippen LogP contribution < -0.4 is 5.32 Å². The van der Waals surface area contributed by atoms with Crippen molar-refractivity contribution in [1.29, 1.82) is 0 Å². The number of nitrogens with zero attached hydrogens (tertiary/aromatic N) is 3. The Morgan fingerprint density at radius 3 is 2.48 bits per heavy atom. The number of carbonyl (C=O) groups is 2.